The number of rotatable bonds is 38. The van der Waals surface area contributed by atoms with Crippen LogP contribution in [0.3, 0.4) is 0 Å². The highest BCUT2D eigenvalue weighted by Crippen LogP contribution is 2.14. The molecule has 0 rings (SSSR count). The number of aliphatic hydroxyl groups excluding tert-OH is 4. The zero-order valence-electron chi connectivity index (χ0n) is 33.3. The van der Waals surface area contributed by atoms with Crippen LogP contribution in [0.2, 0.25) is 0 Å². The molecule has 0 aliphatic carbocycles. The lowest BCUT2D eigenvalue weighted by Crippen LogP contribution is -2.53. The van der Waals surface area contributed by atoms with E-state index >= 15 is 0 Å². The van der Waals surface area contributed by atoms with Crippen LogP contribution in [0.5, 0.6) is 0 Å². The van der Waals surface area contributed by atoms with Gasteiger partial charge < -0.3 is 25.7 Å². The third-order valence-corrected chi connectivity index (χ3v) is 9.72. The van der Waals surface area contributed by atoms with Gasteiger partial charge in [-0.15, -0.1) is 0 Å². The van der Waals surface area contributed by atoms with E-state index in [2.05, 4.69) is 67.8 Å². The van der Waals surface area contributed by atoms with Crippen molar-refractivity contribution in [3.63, 3.8) is 0 Å². The van der Waals surface area contributed by atoms with E-state index in [4.69, 9.17) is 0 Å². The maximum absolute atomic E-state index is 12.5. The average molecular weight is 718 g/mol. The van der Waals surface area contributed by atoms with Gasteiger partial charge in [0.15, 0.2) is 0 Å². The molecule has 5 N–H and O–H groups in total. The summed E-state index contributed by atoms with van der Waals surface area (Å²) in [4.78, 5) is 12.5. The second kappa shape index (κ2) is 39.5. The zero-order valence-corrected chi connectivity index (χ0v) is 33.3. The summed E-state index contributed by atoms with van der Waals surface area (Å²) in [6.45, 7) is 3.98. The van der Waals surface area contributed by atoms with Crippen LogP contribution in [-0.4, -0.2) is 57.3 Å². The zero-order chi connectivity index (χ0) is 37.5. The number of nitrogens with one attached hydrogen (secondary N) is 1. The van der Waals surface area contributed by atoms with E-state index in [0.717, 1.165) is 64.2 Å². The first-order valence-corrected chi connectivity index (χ1v) is 21.5. The first kappa shape index (κ1) is 49.3. The largest absolute Gasteiger partial charge is 0.394 e. The van der Waals surface area contributed by atoms with Crippen molar-refractivity contribution in [1.29, 1.82) is 0 Å². The van der Waals surface area contributed by atoms with E-state index in [9.17, 15) is 25.2 Å². The number of hydrogen-bond acceptors (Lipinski definition) is 5. The molecule has 0 heterocycles. The number of hydrogen-bond donors (Lipinski definition) is 5. The fourth-order valence-corrected chi connectivity index (χ4v) is 6.24. The van der Waals surface area contributed by atoms with Crippen molar-refractivity contribution in [2.24, 2.45) is 0 Å². The van der Waals surface area contributed by atoms with Crippen LogP contribution in [0.15, 0.2) is 48.6 Å². The van der Waals surface area contributed by atoms with Gasteiger partial charge in [0.05, 0.1) is 18.8 Å². The Labute approximate surface area is 315 Å². The van der Waals surface area contributed by atoms with Crippen LogP contribution in [0, 0.1) is 0 Å². The number of carbonyl (C=O) groups is 1. The predicted molar refractivity (Wildman–Crippen MR) is 219 cm³/mol. The van der Waals surface area contributed by atoms with Gasteiger partial charge >= 0.3 is 0 Å². The number of allylic oxidation sites excluding steroid dienone is 8. The monoisotopic (exact) mass is 718 g/mol. The molecule has 4 unspecified atom stereocenters. The summed E-state index contributed by atoms with van der Waals surface area (Å²) in [7, 11) is 0. The fraction of sp³-hybridized carbons (Fsp3) is 0.800. The Balaban J connectivity index is 3.83. The maximum Gasteiger partial charge on any atom is 0.249 e. The summed E-state index contributed by atoms with van der Waals surface area (Å²) >= 11 is 0. The highest BCUT2D eigenvalue weighted by Gasteiger charge is 2.28. The van der Waals surface area contributed by atoms with Gasteiger partial charge in [-0.1, -0.05) is 165 Å². The summed E-state index contributed by atoms with van der Waals surface area (Å²) in [5.74, 6) is -0.606. The molecule has 0 aromatic heterocycles. The normalized spacial score (nSPS) is 14.7. The van der Waals surface area contributed by atoms with E-state index < -0.39 is 36.9 Å². The Bertz CT molecular complexity index is 854. The van der Waals surface area contributed by atoms with Gasteiger partial charge in [0.1, 0.15) is 12.2 Å². The lowest BCUT2D eigenvalue weighted by atomic mass is 10.00. The summed E-state index contributed by atoms with van der Waals surface area (Å²) in [6, 6.07) is -1.01. The Morgan fingerprint density at radius 1 is 0.471 bits per heavy atom. The molecular weight excluding hydrogens is 634 g/mol. The highest BCUT2D eigenvalue weighted by atomic mass is 16.3. The van der Waals surface area contributed by atoms with Crippen molar-refractivity contribution < 1.29 is 25.2 Å². The SMILES string of the molecule is CCCC/C=C/CC/C=C/CC/C=C/CCCC(O)C(O)C(CO)NC(=O)C(O)CCCCCCCC/C=C\CCCCCCCCCCCC. The van der Waals surface area contributed by atoms with Gasteiger partial charge in [-0.05, 0) is 83.5 Å². The highest BCUT2D eigenvalue weighted by molar-refractivity contribution is 5.80. The van der Waals surface area contributed by atoms with E-state index in [-0.39, 0.29) is 0 Å². The van der Waals surface area contributed by atoms with E-state index in [1.165, 1.54) is 103 Å². The number of amides is 1. The molecular formula is C45H83NO5. The van der Waals surface area contributed by atoms with Crippen LogP contribution in [0.1, 0.15) is 200 Å². The van der Waals surface area contributed by atoms with Crippen molar-refractivity contribution >= 4 is 5.91 Å². The number of aliphatic hydroxyl groups is 4. The molecule has 51 heavy (non-hydrogen) atoms. The molecule has 0 fully saturated rings. The van der Waals surface area contributed by atoms with Crippen molar-refractivity contribution in [2.75, 3.05) is 6.61 Å². The third-order valence-electron chi connectivity index (χ3n) is 9.72. The smallest absolute Gasteiger partial charge is 0.249 e. The van der Waals surface area contributed by atoms with Crippen molar-refractivity contribution in [3.05, 3.63) is 48.6 Å². The van der Waals surface area contributed by atoms with Crippen LogP contribution in [0.25, 0.3) is 0 Å². The molecule has 0 spiro atoms. The standard InChI is InChI=1S/C45H83NO5/c1-3-5-7-9-11-13-15-17-19-20-21-22-23-25-27-29-31-33-35-37-39-43(49)45(51)46-41(40-47)44(50)42(48)38-36-34-32-30-28-26-24-18-16-14-12-10-8-6-4-2/h10,12,18,22-24,30,32,41-44,47-50H,3-9,11,13-17,19-21,25-29,31,33-40H2,1-2H3,(H,46,51)/b12-10+,23-22-,24-18+,32-30+. The molecule has 0 aliphatic rings. The number of carbonyl (C=O) groups excluding carboxylic acids is 1. The van der Waals surface area contributed by atoms with Crippen LogP contribution in [-0.2, 0) is 4.79 Å². The molecule has 0 saturated heterocycles. The van der Waals surface area contributed by atoms with Gasteiger partial charge in [-0.2, -0.15) is 0 Å². The summed E-state index contributed by atoms with van der Waals surface area (Å²) in [5, 5.41) is 43.6. The van der Waals surface area contributed by atoms with E-state index in [1.807, 2.05) is 0 Å². The quantitative estimate of drug-likeness (QED) is 0.0323. The summed E-state index contributed by atoms with van der Waals surface area (Å²) < 4.78 is 0. The molecule has 298 valence electrons. The topological polar surface area (TPSA) is 110 Å². The van der Waals surface area contributed by atoms with Gasteiger partial charge in [-0.3, -0.25) is 4.79 Å². The summed E-state index contributed by atoms with van der Waals surface area (Å²) in [5.41, 5.74) is 0. The second-order valence-corrected chi connectivity index (χ2v) is 14.7. The second-order valence-electron chi connectivity index (χ2n) is 14.7. The molecule has 0 saturated carbocycles. The van der Waals surface area contributed by atoms with Crippen molar-refractivity contribution in [1.82, 2.24) is 5.32 Å². The molecule has 6 nitrogen and oxygen atoms in total. The van der Waals surface area contributed by atoms with Crippen molar-refractivity contribution in [3.8, 4) is 0 Å². The molecule has 1 amide bonds. The van der Waals surface area contributed by atoms with E-state index in [1.54, 1.807) is 0 Å². The first-order valence-electron chi connectivity index (χ1n) is 21.5. The Morgan fingerprint density at radius 2 is 0.843 bits per heavy atom. The van der Waals surface area contributed by atoms with Gasteiger partial charge in [0.2, 0.25) is 5.91 Å². The van der Waals surface area contributed by atoms with Gasteiger partial charge in [0.25, 0.3) is 0 Å². The average Bonchev–Trinajstić information content (AvgIpc) is 3.13. The minimum absolute atomic E-state index is 0.350. The Kier molecular flexibility index (Phi) is 38.1. The maximum atomic E-state index is 12.5. The Hall–Kier alpha value is -1.73. The van der Waals surface area contributed by atoms with Crippen molar-refractivity contribution in [2.45, 2.75) is 224 Å². The van der Waals surface area contributed by atoms with Crippen LogP contribution >= 0.6 is 0 Å². The lowest BCUT2D eigenvalue weighted by molar-refractivity contribution is -0.132. The summed E-state index contributed by atoms with van der Waals surface area (Å²) in [6.07, 6.45) is 47.1. The van der Waals surface area contributed by atoms with E-state index in [0.29, 0.717) is 19.3 Å². The van der Waals surface area contributed by atoms with Crippen LogP contribution in [0.4, 0.5) is 0 Å². The van der Waals surface area contributed by atoms with Crippen LogP contribution < -0.4 is 5.32 Å². The fourth-order valence-electron chi connectivity index (χ4n) is 6.24. The Morgan fingerprint density at radius 3 is 1.29 bits per heavy atom. The molecule has 0 aromatic carbocycles. The molecule has 0 aromatic rings. The number of unbranched alkanes of at least 4 members (excludes halogenated alkanes) is 21. The minimum atomic E-state index is -1.30. The molecule has 4 atom stereocenters. The molecule has 6 heteroatoms. The third kappa shape index (κ3) is 33.8. The lowest BCUT2D eigenvalue weighted by Gasteiger charge is -2.27. The molecule has 0 aliphatic heterocycles. The first-order chi connectivity index (χ1) is 25.0. The minimum Gasteiger partial charge on any atom is -0.394 e. The van der Waals surface area contributed by atoms with Gasteiger partial charge in [0, 0.05) is 0 Å². The van der Waals surface area contributed by atoms with Gasteiger partial charge in [-0.25, -0.2) is 0 Å². The predicted octanol–water partition coefficient (Wildman–Crippen LogP) is 11.1. The molecule has 0 radical (unpaired) electrons. The molecule has 0 bridgehead atoms.